The molecule has 3 heterocycles. The van der Waals surface area contributed by atoms with Gasteiger partial charge in [0.1, 0.15) is 4.75 Å². The van der Waals surface area contributed by atoms with Gasteiger partial charge in [0.2, 0.25) is 10.0 Å². The fraction of sp³-hybridized carbons (Fsp3) is 0.522. The number of alkyl halides is 3. The summed E-state index contributed by atoms with van der Waals surface area (Å²) < 4.78 is 60.1. The summed E-state index contributed by atoms with van der Waals surface area (Å²) in [6, 6.07) is 12.4. The Bertz CT molecular complexity index is 1150. The van der Waals surface area contributed by atoms with Crippen molar-refractivity contribution in [3.63, 3.8) is 0 Å². The van der Waals surface area contributed by atoms with Crippen LogP contribution in [0, 0.1) is 12.8 Å². The Morgan fingerprint density at radius 3 is 2.29 bits per heavy atom. The number of hydrogen-bond donors (Lipinski definition) is 1. The summed E-state index contributed by atoms with van der Waals surface area (Å²) in [5.41, 5.74) is 1.98. The van der Waals surface area contributed by atoms with E-state index in [1.807, 2.05) is 29.5 Å². The third-order valence-electron chi connectivity index (χ3n) is 6.65. The standard InChI is InChI=1S/C21H26N2O2S2.C2HF3O2/c1-16-6-9-18(26-16)15-22-12-10-21(11-13-22)19-4-2-3-5-20(19)23(27(21,24)25)14-17-7-8-17;3-2(4,5)1(6)7/h2-6,9,17H,7-8,10-15H2,1H3;(H,6,7). The van der Waals surface area contributed by atoms with Crippen molar-refractivity contribution in [1.29, 1.82) is 0 Å². The number of piperidine rings is 1. The quantitative estimate of drug-likeness (QED) is 0.635. The normalized spacial score (nSPS) is 21.1. The van der Waals surface area contributed by atoms with Crippen LogP contribution in [-0.4, -0.2) is 50.2 Å². The molecular weight excluding hydrogens is 489 g/mol. The van der Waals surface area contributed by atoms with Crippen LogP contribution in [0.1, 0.15) is 41.0 Å². The van der Waals surface area contributed by atoms with Gasteiger partial charge in [-0.3, -0.25) is 9.21 Å². The highest BCUT2D eigenvalue weighted by Gasteiger charge is 2.57. The van der Waals surface area contributed by atoms with E-state index in [0.717, 1.165) is 43.7 Å². The van der Waals surface area contributed by atoms with Crippen molar-refractivity contribution >= 4 is 33.0 Å². The summed E-state index contributed by atoms with van der Waals surface area (Å²) in [4.78, 5) is 14.0. The van der Waals surface area contributed by atoms with Crippen molar-refractivity contribution in [1.82, 2.24) is 4.90 Å². The molecule has 1 saturated carbocycles. The molecule has 1 N–H and O–H groups in total. The third-order valence-corrected chi connectivity index (χ3v) is 10.2. The summed E-state index contributed by atoms with van der Waals surface area (Å²) in [7, 11) is -3.35. The first kappa shape index (κ1) is 25.0. The zero-order chi connectivity index (χ0) is 24.7. The number of halogens is 3. The molecule has 2 fully saturated rings. The van der Waals surface area contributed by atoms with Crippen molar-refractivity contribution in [2.24, 2.45) is 5.92 Å². The van der Waals surface area contributed by atoms with Gasteiger partial charge in [0.25, 0.3) is 0 Å². The third kappa shape index (κ3) is 4.83. The lowest BCUT2D eigenvalue weighted by molar-refractivity contribution is -0.192. The predicted molar refractivity (Wildman–Crippen MR) is 124 cm³/mol. The van der Waals surface area contributed by atoms with Crippen LogP contribution < -0.4 is 4.31 Å². The largest absolute Gasteiger partial charge is 0.490 e. The first-order valence-electron chi connectivity index (χ1n) is 11.1. The van der Waals surface area contributed by atoms with E-state index >= 15 is 0 Å². The van der Waals surface area contributed by atoms with Crippen LogP contribution in [0.15, 0.2) is 36.4 Å². The number of fused-ring (bicyclic) bond motifs is 2. The van der Waals surface area contributed by atoms with Crippen LogP contribution in [0.5, 0.6) is 0 Å². The Morgan fingerprint density at radius 1 is 1.15 bits per heavy atom. The van der Waals surface area contributed by atoms with Gasteiger partial charge in [-0.15, -0.1) is 11.3 Å². The van der Waals surface area contributed by atoms with Crippen LogP contribution >= 0.6 is 11.3 Å². The van der Waals surface area contributed by atoms with E-state index < -0.39 is 26.9 Å². The smallest absolute Gasteiger partial charge is 0.475 e. The van der Waals surface area contributed by atoms with Gasteiger partial charge in [0, 0.05) is 35.9 Å². The summed E-state index contributed by atoms with van der Waals surface area (Å²) in [6.07, 6.45) is -1.37. The number of likely N-dealkylation sites (tertiary alicyclic amines) is 1. The molecule has 1 aliphatic carbocycles. The number of carboxylic acids is 1. The molecule has 6 nitrogen and oxygen atoms in total. The van der Waals surface area contributed by atoms with Gasteiger partial charge >= 0.3 is 12.1 Å². The minimum Gasteiger partial charge on any atom is -0.475 e. The van der Waals surface area contributed by atoms with Gasteiger partial charge in [-0.1, -0.05) is 18.2 Å². The summed E-state index contributed by atoms with van der Waals surface area (Å²) in [6.45, 7) is 5.40. The van der Waals surface area contributed by atoms with Crippen molar-refractivity contribution < 1.29 is 31.5 Å². The summed E-state index contributed by atoms with van der Waals surface area (Å²) in [5.74, 6) is -2.21. The van der Waals surface area contributed by atoms with Crippen molar-refractivity contribution in [3.05, 3.63) is 51.7 Å². The van der Waals surface area contributed by atoms with Crippen molar-refractivity contribution in [2.75, 3.05) is 23.9 Å². The molecule has 11 heteroatoms. The molecule has 0 radical (unpaired) electrons. The molecule has 1 saturated heterocycles. The topological polar surface area (TPSA) is 77.9 Å². The lowest BCUT2D eigenvalue weighted by Crippen LogP contribution is -2.48. The Balaban J connectivity index is 0.000000344. The first-order valence-corrected chi connectivity index (χ1v) is 13.4. The second kappa shape index (κ2) is 9.16. The molecule has 34 heavy (non-hydrogen) atoms. The van der Waals surface area contributed by atoms with E-state index in [2.05, 4.69) is 30.0 Å². The summed E-state index contributed by atoms with van der Waals surface area (Å²) in [5, 5.41) is 7.12. The molecule has 0 bridgehead atoms. The van der Waals surface area contributed by atoms with Gasteiger partial charge in [0.05, 0.1) is 5.69 Å². The van der Waals surface area contributed by atoms with Crippen LogP contribution in [0.25, 0.3) is 0 Å². The number of thiophene rings is 1. The van der Waals surface area contributed by atoms with Crippen LogP contribution in [0.2, 0.25) is 0 Å². The number of anilines is 1. The van der Waals surface area contributed by atoms with Crippen molar-refractivity contribution in [3.8, 4) is 0 Å². The lowest BCUT2D eigenvalue weighted by Gasteiger charge is -2.39. The van der Waals surface area contributed by atoms with Crippen LogP contribution in [0.4, 0.5) is 18.9 Å². The number of benzene rings is 1. The predicted octanol–water partition coefficient (Wildman–Crippen LogP) is 4.74. The van der Waals surface area contributed by atoms with Gasteiger partial charge in [0.15, 0.2) is 0 Å². The fourth-order valence-electron chi connectivity index (χ4n) is 4.68. The number of nitrogens with zero attached hydrogens (tertiary/aromatic N) is 2. The number of aryl methyl sites for hydroxylation is 1. The number of hydrogen-bond acceptors (Lipinski definition) is 5. The molecule has 1 aromatic carbocycles. The van der Waals surface area contributed by atoms with Gasteiger partial charge in [-0.05, 0) is 62.3 Å². The highest BCUT2D eigenvalue weighted by atomic mass is 32.2. The number of sulfonamides is 1. The maximum atomic E-state index is 13.7. The molecule has 1 spiro atoms. The lowest BCUT2D eigenvalue weighted by atomic mass is 9.87. The number of carboxylic acid groups (broad SMARTS) is 1. The highest BCUT2D eigenvalue weighted by Crippen LogP contribution is 2.53. The number of aliphatic carboxylic acids is 1. The Hall–Kier alpha value is -2.11. The molecule has 0 atom stereocenters. The molecule has 2 aliphatic heterocycles. The molecule has 3 aliphatic rings. The first-order chi connectivity index (χ1) is 15.9. The van der Waals surface area contributed by atoms with E-state index in [0.29, 0.717) is 25.3 Å². The van der Waals surface area contributed by atoms with E-state index in [1.54, 1.807) is 4.31 Å². The average molecular weight is 517 g/mol. The summed E-state index contributed by atoms with van der Waals surface area (Å²) >= 11 is 1.84. The molecular formula is C23H27F3N2O4S2. The minimum absolute atomic E-state index is 0.546. The van der Waals surface area contributed by atoms with E-state index in [9.17, 15) is 21.6 Å². The second-order valence-electron chi connectivity index (χ2n) is 9.08. The fourth-order valence-corrected chi connectivity index (χ4v) is 8.01. The molecule has 5 rings (SSSR count). The maximum absolute atomic E-state index is 13.7. The van der Waals surface area contributed by atoms with E-state index in [-0.39, 0.29) is 0 Å². The molecule has 0 unspecified atom stereocenters. The van der Waals surface area contributed by atoms with Crippen LogP contribution in [0.3, 0.4) is 0 Å². The maximum Gasteiger partial charge on any atom is 0.490 e. The average Bonchev–Trinajstić information content (AvgIpc) is 3.48. The highest BCUT2D eigenvalue weighted by molar-refractivity contribution is 7.94. The van der Waals surface area contributed by atoms with Gasteiger partial charge in [-0.2, -0.15) is 13.2 Å². The minimum atomic E-state index is -5.08. The Labute approximate surface area is 201 Å². The Morgan fingerprint density at radius 2 is 1.76 bits per heavy atom. The second-order valence-corrected chi connectivity index (χ2v) is 12.6. The van der Waals surface area contributed by atoms with Crippen LogP contribution in [-0.2, 0) is 26.1 Å². The number of rotatable bonds is 4. The Kier molecular flexibility index (Phi) is 6.73. The number of para-hydroxylation sites is 1. The molecule has 186 valence electrons. The zero-order valence-corrected chi connectivity index (χ0v) is 20.3. The van der Waals surface area contributed by atoms with Crippen molar-refractivity contribution in [2.45, 2.75) is 50.1 Å². The monoisotopic (exact) mass is 516 g/mol. The van der Waals surface area contributed by atoms with Gasteiger partial charge in [-0.25, -0.2) is 13.2 Å². The molecule has 0 amide bonds. The molecule has 1 aromatic heterocycles. The van der Waals surface area contributed by atoms with Gasteiger partial charge < -0.3 is 5.11 Å². The molecule has 2 aromatic rings. The number of carbonyl (C=O) groups is 1. The zero-order valence-electron chi connectivity index (χ0n) is 18.7. The van der Waals surface area contributed by atoms with E-state index in [4.69, 9.17) is 9.90 Å². The van der Waals surface area contributed by atoms with E-state index in [1.165, 1.54) is 9.75 Å². The SMILES string of the molecule is Cc1ccc(CN2CCC3(CC2)c2ccccc2N(CC2CC2)S3(=O)=O)s1.O=C(O)C(F)(F)F.